The van der Waals surface area contributed by atoms with Gasteiger partial charge < -0.3 is 9.84 Å². The van der Waals surface area contributed by atoms with Gasteiger partial charge in [0.25, 0.3) is 0 Å². The molecule has 2 nitrogen and oxygen atoms in total. The van der Waals surface area contributed by atoms with Crippen LogP contribution < -0.4 is 0 Å². The fourth-order valence-electron chi connectivity index (χ4n) is 0.952. The summed E-state index contributed by atoms with van der Waals surface area (Å²) in [5, 5.41) is 8.52. The summed E-state index contributed by atoms with van der Waals surface area (Å²) in [5.74, 6) is 1.44. The van der Waals surface area contributed by atoms with E-state index >= 15 is 0 Å². The molecule has 0 aliphatic rings. The Bertz CT molecular complexity index is 101. The highest BCUT2D eigenvalue weighted by Crippen LogP contribution is 2.14. The van der Waals surface area contributed by atoms with Crippen LogP contribution in [-0.4, -0.2) is 36.2 Å². The Morgan fingerprint density at radius 1 is 1.42 bits per heavy atom. The molecular weight excluding hydrogens is 199 g/mol. The van der Waals surface area contributed by atoms with E-state index in [9.17, 15) is 0 Å². The molecule has 0 saturated carbocycles. The van der Waals surface area contributed by atoms with E-state index in [1.165, 1.54) is 0 Å². The van der Waals surface area contributed by atoms with Gasteiger partial charge in [0, 0.05) is 11.8 Å². The van der Waals surface area contributed by atoms with Crippen LogP contribution in [0.15, 0.2) is 0 Å². The van der Waals surface area contributed by atoms with E-state index in [-0.39, 0.29) is 18.6 Å². The predicted octanol–water partition coefficient (Wildman–Crippen LogP) is 1.87. The lowest BCUT2D eigenvalue weighted by Gasteiger charge is -2.20. The van der Waals surface area contributed by atoms with Gasteiger partial charge >= 0.3 is 0 Å². The Hall–Kier alpha value is 0.500. The summed E-state index contributed by atoms with van der Waals surface area (Å²) >= 11 is 11.3. The number of alkyl halides is 2. The summed E-state index contributed by atoms with van der Waals surface area (Å²) in [6.07, 6.45) is 0.936. The first-order chi connectivity index (χ1) is 5.76. The van der Waals surface area contributed by atoms with Crippen LogP contribution in [0.3, 0.4) is 0 Å². The smallest absolute Gasteiger partial charge is 0.0701 e. The van der Waals surface area contributed by atoms with Gasteiger partial charge in [-0.15, -0.1) is 23.2 Å². The average molecular weight is 215 g/mol. The lowest BCUT2D eigenvalue weighted by atomic mass is 10.0. The Morgan fingerprint density at radius 2 is 2.08 bits per heavy atom. The Kier molecular flexibility index (Phi) is 8.45. The van der Waals surface area contributed by atoms with Crippen molar-refractivity contribution < 1.29 is 9.84 Å². The van der Waals surface area contributed by atoms with E-state index in [2.05, 4.69) is 0 Å². The molecule has 0 spiro atoms. The predicted molar refractivity (Wildman–Crippen MR) is 52.0 cm³/mol. The molecule has 12 heavy (non-hydrogen) atoms. The minimum absolute atomic E-state index is 0.0558. The van der Waals surface area contributed by atoms with E-state index in [4.69, 9.17) is 33.0 Å². The van der Waals surface area contributed by atoms with Crippen molar-refractivity contribution in [2.75, 3.05) is 25.0 Å². The van der Waals surface area contributed by atoms with Gasteiger partial charge in [-0.1, -0.05) is 0 Å². The van der Waals surface area contributed by atoms with Crippen molar-refractivity contribution >= 4 is 23.2 Å². The summed E-state index contributed by atoms with van der Waals surface area (Å²) in [6, 6.07) is 0. The fourth-order valence-corrected chi connectivity index (χ4v) is 1.64. The minimum atomic E-state index is 0.0558. The van der Waals surface area contributed by atoms with Gasteiger partial charge in [-0.2, -0.15) is 0 Å². The highest BCUT2D eigenvalue weighted by Gasteiger charge is 2.15. The number of hydrogen-bond donors (Lipinski definition) is 1. The molecule has 0 fully saturated rings. The summed E-state index contributed by atoms with van der Waals surface area (Å²) in [5.41, 5.74) is 0. The van der Waals surface area contributed by atoms with Crippen LogP contribution >= 0.6 is 23.2 Å². The number of halogens is 2. The van der Waals surface area contributed by atoms with Gasteiger partial charge in [0.05, 0.1) is 19.3 Å². The summed E-state index contributed by atoms with van der Waals surface area (Å²) in [6.45, 7) is 2.38. The van der Waals surface area contributed by atoms with Crippen molar-refractivity contribution in [3.05, 3.63) is 0 Å². The zero-order valence-electron chi connectivity index (χ0n) is 7.30. The van der Waals surface area contributed by atoms with Crippen LogP contribution in [0, 0.1) is 5.92 Å². The quantitative estimate of drug-likeness (QED) is 0.657. The maximum atomic E-state index is 8.52. The number of aliphatic hydroxyl groups excluding tert-OH is 1. The van der Waals surface area contributed by atoms with Crippen molar-refractivity contribution in [2.45, 2.75) is 19.4 Å². The molecule has 0 aromatic heterocycles. The molecule has 74 valence electrons. The normalized spacial score (nSPS) is 16.0. The van der Waals surface area contributed by atoms with Gasteiger partial charge in [-0.05, 0) is 19.3 Å². The molecular formula is C8H16Cl2O2. The van der Waals surface area contributed by atoms with Crippen molar-refractivity contribution in [2.24, 2.45) is 5.92 Å². The highest BCUT2D eigenvalue weighted by atomic mass is 35.5. The number of ether oxygens (including phenoxy) is 1. The van der Waals surface area contributed by atoms with Crippen LogP contribution in [0.4, 0.5) is 0 Å². The lowest BCUT2D eigenvalue weighted by Crippen LogP contribution is -2.24. The summed E-state index contributed by atoms with van der Waals surface area (Å²) in [4.78, 5) is 0. The van der Waals surface area contributed by atoms with Crippen molar-refractivity contribution in [3.8, 4) is 0 Å². The molecule has 1 N–H and O–H groups in total. The zero-order chi connectivity index (χ0) is 9.40. The molecule has 0 bridgehead atoms. The Morgan fingerprint density at radius 3 is 2.50 bits per heavy atom. The third-order valence-electron chi connectivity index (χ3n) is 1.81. The molecule has 0 radical (unpaired) electrons. The molecule has 0 aliphatic heterocycles. The second-order valence-electron chi connectivity index (χ2n) is 2.69. The third kappa shape index (κ3) is 5.20. The van der Waals surface area contributed by atoms with E-state index < -0.39 is 0 Å². The second kappa shape index (κ2) is 8.11. The van der Waals surface area contributed by atoms with Gasteiger partial charge in [0.2, 0.25) is 0 Å². The first-order valence-electron chi connectivity index (χ1n) is 4.10. The van der Waals surface area contributed by atoms with Crippen molar-refractivity contribution in [3.63, 3.8) is 0 Å². The molecule has 0 amide bonds. The van der Waals surface area contributed by atoms with E-state index in [1.807, 2.05) is 6.92 Å². The largest absolute Gasteiger partial charge is 0.394 e. The molecule has 0 saturated heterocycles. The Labute approximate surface area is 83.8 Å². The first kappa shape index (κ1) is 12.5. The number of hydrogen-bond acceptors (Lipinski definition) is 2. The molecule has 0 heterocycles. The third-order valence-corrected chi connectivity index (χ3v) is 2.43. The Balaban J connectivity index is 3.60. The molecule has 4 heteroatoms. The topological polar surface area (TPSA) is 29.5 Å². The van der Waals surface area contributed by atoms with Crippen LogP contribution in [0.25, 0.3) is 0 Å². The molecule has 0 aromatic rings. The van der Waals surface area contributed by atoms with Gasteiger partial charge in [0.1, 0.15) is 0 Å². The molecule has 0 aliphatic carbocycles. The van der Waals surface area contributed by atoms with Crippen LogP contribution in [0.1, 0.15) is 13.3 Å². The minimum Gasteiger partial charge on any atom is -0.394 e. The van der Waals surface area contributed by atoms with Gasteiger partial charge in [-0.25, -0.2) is 0 Å². The van der Waals surface area contributed by atoms with Crippen LogP contribution in [0.2, 0.25) is 0 Å². The number of rotatable bonds is 7. The maximum absolute atomic E-state index is 8.52. The average Bonchev–Trinajstić information content (AvgIpc) is 2.10. The lowest BCUT2D eigenvalue weighted by molar-refractivity contribution is 0.0103. The zero-order valence-corrected chi connectivity index (χ0v) is 8.81. The monoisotopic (exact) mass is 214 g/mol. The van der Waals surface area contributed by atoms with Gasteiger partial charge in [0.15, 0.2) is 0 Å². The van der Waals surface area contributed by atoms with Crippen LogP contribution in [-0.2, 0) is 4.74 Å². The van der Waals surface area contributed by atoms with E-state index in [0.29, 0.717) is 18.4 Å². The van der Waals surface area contributed by atoms with Crippen molar-refractivity contribution in [1.29, 1.82) is 0 Å². The maximum Gasteiger partial charge on any atom is 0.0701 e. The second-order valence-corrected chi connectivity index (χ2v) is 3.38. The van der Waals surface area contributed by atoms with Gasteiger partial charge in [-0.3, -0.25) is 0 Å². The summed E-state index contributed by atoms with van der Waals surface area (Å²) in [7, 11) is 0. The fraction of sp³-hybridized carbons (Fsp3) is 1.00. The molecule has 2 unspecified atom stereocenters. The standard InChI is InChI=1S/C8H16Cl2O2/c1-7(12-5-4-11)8(6-10)2-3-9/h7-8,11H,2-6H2,1H3. The molecule has 0 aromatic carbocycles. The molecule has 0 rings (SSSR count). The van der Waals surface area contributed by atoms with E-state index in [1.54, 1.807) is 0 Å². The van der Waals surface area contributed by atoms with Crippen LogP contribution in [0.5, 0.6) is 0 Å². The highest BCUT2D eigenvalue weighted by molar-refractivity contribution is 6.18. The summed E-state index contributed by atoms with van der Waals surface area (Å²) < 4.78 is 5.30. The first-order valence-corrected chi connectivity index (χ1v) is 5.17. The SMILES string of the molecule is CC(OCCO)C(CCl)CCCl. The van der Waals surface area contributed by atoms with Crippen molar-refractivity contribution in [1.82, 2.24) is 0 Å². The molecule has 2 atom stereocenters. The van der Waals surface area contributed by atoms with E-state index in [0.717, 1.165) is 6.42 Å². The number of aliphatic hydroxyl groups is 1.